The predicted octanol–water partition coefficient (Wildman–Crippen LogP) is -2.02. The van der Waals surface area contributed by atoms with E-state index in [9.17, 15) is 13.2 Å². The largest absolute Gasteiger partial charge is 0.370 e. The number of nitrogens with two attached hydrogens (primary N) is 2. The van der Waals surface area contributed by atoms with Gasteiger partial charge in [0.05, 0.1) is 0 Å². The number of carbonyl (C=O) groups excluding carboxylic acids is 1. The molecule has 0 unspecified atom stereocenters. The summed E-state index contributed by atoms with van der Waals surface area (Å²) in [6, 6.07) is 0. The monoisotopic (exact) mass is 238 g/mol. The molecular formula is C7H18N4O3S. The number of amides is 1. The maximum atomic E-state index is 11.4. The van der Waals surface area contributed by atoms with Gasteiger partial charge >= 0.3 is 0 Å². The number of nitrogens with zero attached hydrogens (tertiary/aromatic N) is 1. The van der Waals surface area contributed by atoms with Crippen LogP contribution in [0.1, 0.15) is 12.8 Å². The number of hydrogen-bond acceptors (Lipinski definition) is 4. The van der Waals surface area contributed by atoms with E-state index in [-0.39, 0.29) is 13.0 Å². The molecular weight excluding hydrogens is 220 g/mol. The van der Waals surface area contributed by atoms with Gasteiger partial charge in [-0.25, -0.2) is 4.72 Å². The minimum absolute atomic E-state index is 0.00996. The van der Waals surface area contributed by atoms with Crippen molar-refractivity contribution in [1.82, 2.24) is 9.03 Å². The zero-order chi connectivity index (χ0) is 11.9. The first-order valence-electron chi connectivity index (χ1n) is 4.59. The highest BCUT2D eigenvalue weighted by Gasteiger charge is 2.15. The van der Waals surface area contributed by atoms with Crippen LogP contribution in [0.5, 0.6) is 0 Å². The zero-order valence-corrected chi connectivity index (χ0v) is 9.59. The van der Waals surface area contributed by atoms with Crippen molar-refractivity contribution in [2.24, 2.45) is 11.5 Å². The maximum absolute atomic E-state index is 11.4. The first-order valence-corrected chi connectivity index (χ1v) is 6.03. The third kappa shape index (κ3) is 6.39. The summed E-state index contributed by atoms with van der Waals surface area (Å²) in [4.78, 5) is 10.4. The van der Waals surface area contributed by atoms with Crippen molar-refractivity contribution in [3.05, 3.63) is 0 Å². The van der Waals surface area contributed by atoms with Crippen molar-refractivity contribution >= 4 is 16.1 Å². The molecule has 0 saturated carbocycles. The van der Waals surface area contributed by atoms with Crippen molar-refractivity contribution < 1.29 is 13.2 Å². The third-order valence-electron chi connectivity index (χ3n) is 1.74. The van der Waals surface area contributed by atoms with Crippen LogP contribution in [0, 0.1) is 0 Å². The summed E-state index contributed by atoms with van der Waals surface area (Å²) in [5.41, 5.74) is 10.1. The van der Waals surface area contributed by atoms with E-state index < -0.39 is 16.1 Å². The highest BCUT2D eigenvalue weighted by Crippen LogP contribution is 1.94. The van der Waals surface area contributed by atoms with Gasteiger partial charge in [-0.05, 0) is 13.0 Å². The smallest absolute Gasteiger partial charge is 0.279 e. The fourth-order valence-corrected chi connectivity index (χ4v) is 1.80. The van der Waals surface area contributed by atoms with E-state index in [0.29, 0.717) is 19.5 Å². The summed E-state index contributed by atoms with van der Waals surface area (Å²) >= 11 is 0. The minimum atomic E-state index is -3.51. The molecule has 0 heterocycles. The second-order valence-electron chi connectivity index (χ2n) is 3.08. The van der Waals surface area contributed by atoms with Crippen LogP contribution in [-0.2, 0) is 15.0 Å². The lowest BCUT2D eigenvalue weighted by molar-refractivity contribution is -0.117. The van der Waals surface area contributed by atoms with Gasteiger partial charge in [0, 0.05) is 26.6 Å². The van der Waals surface area contributed by atoms with Gasteiger partial charge in [-0.3, -0.25) is 4.79 Å². The molecule has 0 aromatic carbocycles. The summed E-state index contributed by atoms with van der Waals surface area (Å²) in [6.07, 6.45) is 0.581. The second-order valence-corrected chi connectivity index (χ2v) is 4.94. The molecule has 0 bridgehead atoms. The number of rotatable bonds is 8. The van der Waals surface area contributed by atoms with Crippen molar-refractivity contribution in [3.8, 4) is 0 Å². The highest BCUT2D eigenvalue weighted by molar-refractivity contribution is 7.87. The van der Waals surface area contributed by atoms with Crippen LogP contribution in [0.25, 0.3) is 0 Å². The summed E-state index contributed by atoms with van der Waals surface area (Å²) in [5, 5.41) is 0. The molecule has 0 aliphatic carbocycles. The van der Waals surface area contributed by atoms with Gasteiger partial charge < -0.3 is 11.5 Å². The van der Waals surface area contributed by atoms with Gasteiger partial charge in [-0.15, -0.1) is 0 Å². The molecule has 0 saturated heterocycles. The van der Waals surface area contributed by atoms with Crippen molar-refractivity contribution in [1.29, 1.82) is 0 Å². The van der Waals surface area contributed by atoms with Gasteiger partial charge in [0.1, 0.15) is 0 Å². The van der Waals surface area contributed by atoms with Crippen LogP contribution in [0.15, 0.2) is 0 Å². The molecule has 0 aliphatic heterocycles. The van der Waals surface area contributed by atoms with Crippen molar-refractivity contribution in [2.45, 2.75) is 12.8 Å². The Morgan fingerprint density at radius 2 is 2.07 bits per heavy atom. The first kappa shape index (κ1) is 14.3. The van der Waals surface area contributed by atoms with E-state index in [1.54, 1.807) is 0 Å². The van der Waals surface area contributed by atoms with Gasteiger partial charge in [-0.2, -0.15) is 12.7 Å². The molecule has 0 aliphatic rings. The fraction of sp³-hybridized carbons (Fsp3) is 0.857. The van der Waals surface area contributed by atoms with E-state index in [0.717, 1.165) is 4.31 Å². The normalized spacial score (nSPS) is 11.9. The van der Waals surface area contributed by atoms with E-state index >= 15 is 0 Å². The standard InChI is InChI=1S/C7H18N4O3S/c1-11(6-2-4-8)15(13,14)10-5-3-7(9)12/h10H,2-6,8H2,1H3,(H2,9,12). The molecule has 90 valence electrons. The van der Waals surface area contributed by atoms with Crippen LogP contribution in [0.2, 0.25) is 0 Å². The molecule has 15 heavy (non-hydrogen) atoms. The number of carbonyl (C=O) groups is 1. The molecule has 1 amide bonds. The Morgan fingerprint density at radius 3 is 2.53 bits per heavy atom. The Kier molecular flexibility index (Phi) is 6.41. The van der Waals surface area contributed by atoms with Crippen LogP contribution >= 0.6 is 0 Å². The van der Waals surface area contributed by atoms with Gasteiger partial charge in [-0.1, -0.05) is 0 Å². The molecule has 0 radical (unpaired) electrons. The topological polar surface area (TPSA) is 119 Å². The van der Waals surface area contributed by atoms with E-state index in [1.807, 2.05) is 0 Å². The molecule has 8 heteroatoms. The Balaban J connectivity index is 4.00. The molecule has 0 fully saturated rings. The third-order valence-corrected chi connectivity index (χ3v) is 3.32. The molecule has 5 N–H and O–H groups in total. The quantitative estimate of drug-likeness (QED) is 0.452. The van der Waals surface area contributed by atoms with Crippen LogP contribution in [0.3, 0.4) is 0 Å². The van der Waals surface area contributed by atoms with Crippen molar-refractivity contribution in [3.63, 3.8) is 0 Å². The lowest BCUT2D eigenvalue weighted by Crippen LogP contribution is -2.40. The predicted molar refractivity (Wildman–Crippen MR) is 57.0 cm³/mol. The lowest BCUT2D eigenvalue weighted by atomic mass is 10.4. The van der Waals surface area contributed by atoms with Crippen molar-refractivity contribution in [2.75, 3.05) is 26.7 Å². The Labute approximate surface area is 90.0 Å². The van der Waals surface area contributed by atoms with Gasteiger partial charge in [0.25, 0.3) is 10.2 Å². The summed E-state index contributed by atoms with van der Waals surface area (Å²) < 4.78 is 26.3. The van der Waals surface area contributed by atoms with Gasteiger partial charge in [0.2, 0.25) is 5.91 Å². The number of hydrogen-bond donors (Lipinski definition) is 3. The van der Waals surface area contributed by atoms with Gasteiger partial charge in [0.15, 0.2) is 0 Å². The van der Waals surface area contributed by atoms with E-state index in [2.05, 4.69) is 4.72 Å². The maximum Gasteiger partial charge on any atom is 0.279 e. The summed E-state index contributed by atoms with van der Waals surface area (Å²) in [6.45, 7) is 0.800. The molecule has 0 atom stereocenters. The summed E-state index contributed by atoms with van der Waals surface area (Å²) in [5.74, 6) is -0.540. The fourth-order valence-electron chi connectivity index (χ4n) is 0.848. The first-order chi connectivity index (χ1) is 6.90. The highest BCUT2D eigenvalue weighted by atomic mass is 32.2. The zero-order valence-electron chi connectivity index (χ0n) is 8.77. The molecule has 0 aromatic heterocycles. The van der Waals surface area contributed by atoms with Crippen LogP contribution in [-0.4, -0.2) is 45.3 Å². The molecule has 7 nitrogen and oxygen atoms in total. The van der Waals surface area contributed by atoms with Crippen LogP contribution < -0.4 is 16.2 Å². The number of nitrogens with one attached hydrogen (secondary N) is 1. The average Bonchev–Trinajstić information content (AvgIpc) is 2.13. The molecule has 0 spiro atoms. The SMILES string of the molecule is CN(CCCN)S(=O)(=O)NCCC(N)=O. The Hall–Kier alpha value is -0.700. The Bertz CT molecular complexity index is 291. The number of primary amides is 1. The van der Waals surface area contributed by atoms with Crippen LogP contribution in [0.4, 0.5) is 0 Å². The Morgan fingerprint density at radius 1 is 1.47 bits per heavy atom. The van der Waals surface area contributed by atoms with E-state index in [4.69, 9.17) is 11.5 Å². The summed E-state index contributed by atoms with van der Waals surface area (Å²) in [7, 11) is -2.06. The molecule has 0 aromatic rings. The molecule has 0 rings (SSSR count). The average molecular weight is 238 g/mol. The lowest BCUT2D eigenvalue weighted by Gasteiger charge is -2.16. The second kappa shape index (κ2) is 6.72. The minimum Gasteiger partial charge on any atom is -0.370 e. The van der Waals surface area contributed by atoms with E-state index in [1.165, 1.54) is 7.05 Å².